The monoisotopic (exact) mass is 229 g/mol. The Morgan fingerprint density at radius 3 is 2.71 bits per heavy atom. The highest BCUT2D eigenvalue weighted by Crippen LogP contribution is 2.13. The van der Waals surface area contributed by atoms with Crippen LogP contribution in [0.5, 0.6) is 0 Å². The second kappa shape index (κ2) is 5.34. The van der Waals surface area contributed by atoms with E-state index in [1.165, 1.54) is 18.1 Å². The molecule has 0 aliphatic heterocycles. The van der Waals surface area contributed by atoms with Crippen LogP contribution in [0, 0.1) is 0 Å². The number of carbonyl (C=O) groups is 1. The van der Waals surface area contributed by atoms with Crippen molar-refractivity contribution in [1.82, 2.24) is 5.32 Å². The minimum Gasteiger partial charge on any atom is -0.472 e. The predicted molar refractivity (Wildman–Crippen MR) is 65.9 cm³/mol. The van der Waals surface area contributed by atoms with Crippen molar-refractivity contribution in [2.45, 2.75) is 12.8 Å². The van der Waals surface area contributed by atoms with Gasteiger partial charge in [-0.1, -0.05) is 37.3 Å². The van der Waals surface area contributed by atoms with Gasteiger partial charge in [0.05, 0.1) is 11.8 Å². The fraction of sp³-hybridized carbons (Fsp3) is 0.214. The van der Waals surface area contributed by atoms with Gasteiger partial charge in [0.25, 0.3) is 5.91 Å². The normalized spacial score (nSPS) is 12.1. The van der Waals surface area contributed by atoms with Crippen molar-refractivity contribution in [3.63, 3.8) is 0 Å². The molecule has 0 fully saturated rings. The molecule has 1 heterocycles. The summed E-state index contributed by atoms with van der Waals surface area (Å²) < 4.78 is 4.87. The second-order valence-corrected chi connectivity index (χ2v) is 4.03. The molecule has 2 aromatic rings. The molecular formula is C14H15NO2. The Morgan fingerprint density at radius 2 is 2.06 bits per heavy atom. The number of benzene rings is 1. The Balaban J connectivity index is 1.89. The summed E-state index contributed by atoms with van der Waals surface area (Å²) in [4.78, 5) is 11.7. The molecule has 1 N–H and O–H groups in total. The van der Waals surface area contributed by atoms with Gasteiger partial charge in [-0.3, -0.25) is 4.79 Å². The SMILES string of the molecule is C[C@@H](CNC(=O)c1ccoc1)c1ccccc1. The summed E-state index contributed by atoms with van der Waals surface area (Å²) in [5, 5.41) is 2.88. The van der Waals surface area contributed by atoms with E-state index in [4.69, 9.17) is 4.42 Å². The smallest absolute Gasteiger partial charge is 0.254 e. The zero-order valence-electron chi connectivity index (χ0n) is 9.72. The van der Waals surface area contributed by atoms with Gasteiger partial charge in [-0.05, 0) is 17.5 Å². The molecule has 88 valence electrons. The van der Waals surface area contributed by atoms with Gasteiger partial charge in [-0.25, -0.2) is 0 Å². The fourth-order valence-electron chi connectivity index (χ4n) is 1.64. The van der Waals surface area contributed by atoms with E-state index in [9.17, 15) is 4.79 Å². The highest BCUT2D eigenvalue weighted by Gasteiger charge is 2.09. The molecule has 0 unspecified atom stereocenters. The third-order valence-corrected chi connectivity index (χ3v) is 2.72. The summed E-state index contributed by atoms with van der Waals surface area (Å²) in [6.07, 6.45) is 2.94. The number of nitrogens with one attached hydrogen (secondary N) is 1. The number of furan rings is 1. The highest BCUT2D eigenvalue weighted by atomic mass is 16.3. The van der Waals surface area contributed by atoms with E-state index < -0.39 is 0 Å². The van der Waals surface area contributed by atoms with Crippen molar-refractivity contribution in [3.8, 4) is 0 Å². The van der Waals surface area contributed by atoms with Crippen molar-refractivity contribution in [2.24, 2.45) is 0 Å². The van der Waals surface area contributed by atoms with E-state index >= 15 is 0 Å². The molecule has 17 heavy (non-hydrogen) atoms. The van der Waals surface area contributed by atoms with Crippen LogP contribution >= 0.6 is 0 Å². The lowest BCUT2D eigenvalue weighted by molar-refractivity contribution is 0.0951. The summed E-state index contributed by atoms with van der Waals surface area (Å²) in [5.41, 5.74) is 1.78. The van der Waals surface area contributed by atoms with Crippen LogP contribution in [0.15, 0.2) is 53.3 Å². The molecule has 3 heteroatoms. The zero-order valence-corrected chi connectivity index (χ0v) is 9.72. The molecule has 0 radical (unpaired) electrons. The number of hydrogen-bond acceptors (Lipinski definition) is 2. The maximum absolute atomic E-state index is 11.7. The predicted octanol–water partition coefficient (Wildman–Crippen LogP) is 2.81. The number of amides is 1. The van der Waals surface area contributed by atoms with Crippen molar-refractivity contribution in [2.75, 3.05) is 6.54 Å². The average molecular weight is 229 g/mol. The Bertz CT molecular complexity index is 462. The number of carbonyl (C=O) groups excluding carboxylic acids is 1. The zero-order chi connectivity index (χ0) is 12.1. The third-order valence-electron chi connectivity index (χ3n) is 2.72. The summed E-state index contributed by atoms with van der Waals surface area (Å²) in [5.74, 6) is 0.202. The Kier molecular flexibility index (Phi) is 3.60. The van der Waals surface area contributed by atoms with Crippen LogP contribution < -0.4 is 5.32 Å². The highest BCUT2D eigenvalue weighted by molar-refractivity contribution is 5.93. The van der Waals surface area contributed by atoms with Crippen molar-refractivity contribution in [3.05, 3.63) is 60.1 Å². The third kappa shape index (κ3) is 2.97. The summed E-state index contributed by atoms with van der Waals surface area (Å²) in [7, 11) is 0. The van der Waals surface area contributed by atoms with Gasteiger partial charge >= 0.3 is 0 Å². The van der Waals surface area contributed by atoms with Gasteiger partial charge in [0.15, 0.2) is 0 Å². The molecule has 1 atom stereocenters. The van der Waals surface area contributed by atoms with Gasteiger partial charge in [-0.2, -0.15) is 0 Å². The first-order chi connectivity index (χ1) is 8.27. The van der Waals surface area contributed by atoms with E-state index in [1.807, 2.05) is 18.2 Å². The van der Waals surface area contributed by atoms with Gasteiger partial charge in [0.1, 0.15) is 6.26 Å². The van der Waals surface area contributed by atoms with E-state index in [0.29, 0.717) is 18.0 Å². The minimum atomic E-state index is -0.0958. The van der Waals surface area contributed by atoms with E-state index in [0.717, 1.165) is 0 Å². The largest absolute Gasteiger partial charge is 0.472 e. The molecule has 0 bridgehead atoms. The molecule has 0 aliphatic carbocycles. The van der Waals surface area contributed by atoms with Crippen molar-refractivity contribution < 1.29 is 9.21 Å². The standard InChI is InChI=1S/C14H15NO2/c1-11(12-5-3-2-4-6-12)9-15-14(16)13-7-8-17-10-13/h2-8,10-11H,9H2,1H3,(H,15,16)/t11-/m0/s1. The molecule has 1 amide bonds. The Morgan fingerprint density at radius 1 is 1.29 bits per heavy atom. The van der Waals surface area contributed by atoms with E-state index in [1.54, 1.807) is 6.07 Å². The van der Waals surface area contributed by atoms with Gasteiger partial charge in [-0.15, -0.1) is 0 Å². The maximum Gasteiger partial charge on any atom is 0.254 e. The maximum atomic E-state index is 11.7. The first-order valence-corrected chi connectivity index (χ1v) is 5.62. The fourth-order valence-corrected chi connectivity index (χ4v) is 1.64. The Labute approximate surface area is 100 Å². The molecule has 0 saturated carbocycles. The molecule has 0 saturated heterocycles. The molecular weight excluding hydrogens is 214 g/mol. The van der Waals surface area contributed by atoms with E-state index in [-0.39, 0.29) is 5.91 Å². The van der Waals surface area contributed by atoms with Crippen LogP contribution in [0.4, 0.5) is 0 Å². The van der Waals surface area contributed by atoms with Crippen molar-refractivity contribution >= 4 is 5.91 Å². The first kappa shape index (κ1) is 11.5. The lowest BCUT2D eigenvalue weighted by Gasteiger charge is -2.12. The van der Waals surface area contributed by atoms with Crippen LogP contribution in [0.25, 0.3) is 0 Å². The number of rotatable bonds is 4. The van der Waals surface area contributed by atoms with Crippen LogP contribution in [0.3, 0.4) is 0 Å². The minimum absolute atomic E-state index is 0.0958. The Hall–Kier alpha value is -2.03. The van der Waals surface area contributed by atoms with Crippen LogP contribution in [0.2, 0.25) is 0 Å². The quantitative estimate of drug-likeness (QED) is 0.876. The summed E-state index contributed by atoms with van der Waals surface area (Å²) in [6.45, 7) is 2.71. The molecule has 1 aromatic carbocycles. The van der Waals surface area contributed by atoms with Crippen LogP contribution in [-0.2, 0) is 0 Å². The topological polar surface area (TPSA) is 42.2 Å². The lowest BCUT2D eigenvalue weighted by Crippen LogP contribution is -2.27. The van der Waals surface area contributed by atoms with Gasteiger partial charge < -0.3 is 9.73 Å². The van der Waals surface area contributed by atoms with E-state index in [2.05, 4.69) is 24.4 Å². The lowest BCUT2D eigenvalue weighted by atomic mass is 10.0. The molecule has 2 rings (SSSR count). The van der Waals surface area contributed by atoms with Crippen LogP contribution in [0.1, 0.15) is 28.8 Å². The second-order valence-electron chi connectivity index (χ2n) is 4.03. The number of hydrogen-bond donors (Lipinski definition) is 1. The van der Waals surface area contributed by atoms with Crippen LogP contribution in [-0.4, -0.2) is 12.5 Å². The summed E-state index contributed by atoms with van der Waals surface area (Å²) >= 11 is 0. The summed E-state index contributed by atoms with van der Waals surface area (Å²) in [6, 6.07) is 11.8. The van der Waals surface area contributed by atoms with Gasteiger partial charge in [0.2, 0.25) is 0 Å². The molecule has 1 aromatic heterocycles. The first-order valence-electron chi connectivity index (χ1n) is 5.62. The van der Waals surface area contributed by atoms with Gasteiger partial charge in [0, 0.05) is 6.54 Å². The van der Waals surface area contributed by atoms with Crippen molar-refractivity contribution in [1.29, 1.82) is 0 Å². The molecule has 3 nitrogen and oxygen atoms in total. The molecule has 0 spiro atoms. The molecule has 0 aliphatic rings. The average Bonchev–Trinajstić information content (AvgIpc) is 2.90.